The molecule has 4 heteroatoms. The topological polar surface area (TPSA) is 61.6 Å². The molecular formula is C16H23NO3. The lowest BCUT2D eigenvalue weighted by Gasteiger charge is -2.43. The van der Waals surface area contributed by atoms with Gasteiger partial charge in [0.05, 0.1) is 7.11 Å². The van der Waals surface area contributed by atoms with Crippen LogP contribution in [0.1, 0.15) is 38.2 Å². The highest BCUT2D eigenvalue weighted by Crippen LogP contribution is 2.41. The number of esters is 1. The van der Waals surface area contributed by atoms with Crippen molar-refractivity contribution in [2.75, 3.05) is 13.7 Å². The molecule has 0 aliphatic heterocycles. The van der Waals surface area contributed by atoms with Crippen molar-refractivity contribution in [2.24, 2.45) is 5.73 Å². The van der Waals surface area contributed by atoms with Crippen LogP contribution in [-0.2, 0) is 14.9 Å². The quantitative estimate of drug-likeness (QED) is 0.858. The van der Waals surface area contributed by atoms with E-state index in [1.54, 1.807) is 7.11 Å². The lowest BCUT2D eigenvalue weighted by atomic mass is 9.67. The monoisotopic (exact) mass is 277 g/mol. The van der Waals surface area contributed by atoms with Crippen molar-refractivity contribution < 1.29 is 14.3 Å². The Kier molecular flexibility index (Phi) is 4.65. The van der Waals surface area contributed by atoms with E-state index in [1.807, 2.05) is 24.3 Å². The molecule has 1 fully saturated rings. The second kappa shape index (κ2) is 6.27. The minimum Gasteiger partial charge on any atom is -0.497 e. The van der Waals surface area contributed by atoms with Crippen LogP contribution in [-0.4, -0.2) is 25.7 Å². The van der Waals surface area contributed by atoms with E-state index < -0.39 is 0 Å². The third-order valence-corrected chi connectivity index (χ3v) is 4.29. The Morgan fingerprint density at radius 1 is 1.35 bits per heavy atom. The van der Waals surface area contributed by atoms with Crippen molar-refractivity contribution in [3.8, 4) is 5.75 Å². The first kappa shape index (κ1) is 14.9. The van der Waals surface area contributed by atoms with Crippen molar-refractivity contribution in [1.82, 2.24) is 0 Å². The van der Waals surface area contributed by atoms with Gasteiger partial charge in [-0.3, -0.25) is 4.79 Å². The molecule has 2 atom stereocenters. The number of carbonyl (C=O) groups is 1. The lowest BCUT2D eigenvalue weighted by Crippen LogP contribution is -2.49. The first-order valence-corrected chi connectivity index (χ1v) is 7.14. The van der Waals surface area contributed by atoms with E-state index in [4.69, 9.17) is 15.2 Å². The zero-order chi connectivity index (χ0) is 14.6. The molecular weight excluding hydrogens is 254 g/mol. The number of hydrogen-bond donors (Lipinski definition) is 1. The smallest absolute Gasteiger partial charge is 0.302 e. The molecule has 110 valence electrons. The molecule has 0 heterocycles. The Morgan fingerprint density at radius 3 is 2.60 bits per heavy atom. The summed E-state index contributed by atoms with van der Waals surface area (Å²) in [7, 11) is 1.65. The normalized spacial score (nSPS) is 26.1. The molecule has 1 aliphatic carbocycles. The Balaban J connectivity index is 2.34. The molecule has 1 aromatic carbocycles. The van der Waals surface area contributed by atoms with Gasteiger partial charge in [0.1, 0.15) is 11.9 Å². The van der Waals surface area contributed by atoms with E-state index >= 15 is 0 Å². The zero-order valence-corrected chi connectivity index (χ0v) is 12.2. The summed E-state index contributed by atoms with van der Waals surface area (Å²) in [6.07, 6.45) is 3.89. The molecule has 0 saturated heterocycles. The molecule has 20 heavy (non-hydrogen) atoms. The van der Waals surface area contributed by atoms with E-state index in [0.29, 0.717) is 6.54 Å². The molecule has 2 unspecified atom stereocenters. The van der Waals surface area contributed by atoms with Gasteiger partial charge >= 0.3 is 5.97 Å². The van der Waals surface area contributed by atoms with Crippen LogP contribution in [0.25, 0.3) is 0 Å². The maximum Gasteiger partial charge on any atom is 0.302 e. The molecule has 0 spiro atoms. The van der Waals surface area contributed by atoms with Crippen LogP contribution in [0.15, 0.2) is 24.3 Å². The van der Waals surface area contributed by atoms with Gasteiger partial charge in [0.25, 0.3) is 0 Å². The Hall–Kier alpha value is -1.55. The van der Waals surface area contributed by atoms with Crippen molar-refractivity contribution in [3.63, 3.8) is 0 Å². The summed E-state index contributed by atoms with van der Waals surface area (Å²) in [4.78, 5) is 11.4. The summed E-state index contributed by atoms with van der Waals surface area (Å²) in [6.45, 7) is 1.95. The molecule has 1 aromatic rings. The van der Waals surface area contributed by atoms with Gasteiger partial charge < -0.3 is 15.2 Å². The molecule has 0 amide bonds. The SMILES string of the molecule is COc1ccc(C2(CN)CCCCC2OC(C)=O)cc1. The molecule has 1 aliphatic rings. The fourth-order valence-corrected chi connectivity index (χ4v) is 3.18. The van der Waals surface area contributed by atoms with Gasteiger partial charge in [-0.2, -0.15) is 0 Å². The molecule has 4 nitrogen and oxygen atoms in total. The maximum absolute atomic E-state index is 11.4. The van der Waals surface area contributed by atoms with E-state index in [2.05, 4.69) is 0 Å². The number of ether oxygens (including phenoxy) is 2. The van der Waals surface area contributed by atoms with Crippen LogP contribution in [0.4, 0.5) is 0 Å². The van der Waals surface area contributed by atoms with Crippen LogP contribution in [0, 0.1) is 0 Å². The molecule has 0 aromatic heterocycles. The minimum atomic E-state index is -0.268. The fourth-order valence-electron chi connectivity index (χ4n) is 3.18. The number of benzene rings is 1. The summed E-state index contributed by atoms with van der Waals surface area (Å²) < 4.78 is 10.8. The van der Waals surface area contributed by atoms with Gasteiger partial charge in [-0.1, -0.05) is 18.6 Å². The second-order valence-electron chi connectivity index (χ2n) is 5.43. The number of methoxy groups -OCH3 is 1. The molecule has 0 bridgehead atoms. The van der Waals surface area contributed by atoms with Crippen LogP contribution in [0.2, 0.25) is 0 Å². The van der Waals surface area contributed by atoms with Crippen molar-refractivity contribution in [3.05, 3.63) is 29.8 Å². The third-order valence-electron chi connectivity index (χ3n) is 4.29. The largest absolute Gasteiger partial charge is 0.497 e. The van der Waals surface area contributed by atoms with Crippen LogP contribution in [0.3, 0.4) is 0 Å². The summed E-state index contributed by atoms with van der Waals surface area (Å²) in [5.41, 5.74) is 6.95. The summed E-state index contributed by atoms with van der Waals surface area (Å²) in [5.74, 6) is 0.587. The summed E-state index contributed by atoms with van der Waals surface area (Å²) in [6, 6.07) is 7.94. The molecule has 2 rings (SSSR count). The van der Waals surface area contributed by atoms with Crippen molar-refractivity contribution in [1.29, 1.82) is 0 Å². The summed E-state index contributed by atoms with van der Waals surface area (Å²) >= 11 is 0. The van der Waals surface area contributed by atoms with E-state index in [0.717, 1.165) is 37.0 Å². The van der Waals surface area contributed by atoms with Gasteiger partial charge in [0.15, 0.2) is 0 Å². The predicted octanol–water partition coefficient (Wildman–Crippen LogP) is 2.40. The van der Waals surface area contributed by atoms with Gasteiger partial charge in [-0.15, -0.1) is 0 Å². The van der Waals surface area contributed by atoms with Crippen LogP contribution < -0.4 is 10.5 Å². The average Bonchev–Trinajstić information content (AvgIpc) is 2.47. The van der Waals surface area contributed by atoms with Crippen LogP contribution >= 0.6 is 0 Å². The first-order chi connectivity index (χ1) is 9.62. The Morgan fingerprint density at radius 2 is 2.05 bits per heavy atom. The highest BCUT2D eigenvalue weighted by atomic mass is 16.5. The van der Waals surface area contributed by atoms with E-state index in [9.17, 15) is 4.79 Å². The molecule has 0 radical (unpaired) electrons. The second-order valence-corrected chi connectivity index (χ2v) is 5.43. The van der Waals surface area contributed by atoms with Gasteiger partial charge in [0, 0.05) is 18.9 Å². The van der Waals surface area contributed by atoms with Gasteiger partial charge in [-0.25, -0.2) is 0 Å². The average molecular weight is 277 g/mol. The lowest BCUT2D eigenvalue weighted by molar-refractivity contribution is -0.152. The zero-order valence-electron chi connectivity index (χ0n) is 12.2. The Labute approximate surface area is 120 Å². The van der Waals surface area contributed by atoms with Crippen LogP contribution in [0.5, 0.6) is 5.75 Å². The highest BCUT2D eigenvalue weighted by molar-refractivity contribution is 5.66. The third kappa shape index (κ3) is 2.80. The number of nitrogens with two attached hydrogens (primary N) is 1. The number of hydrogen-bond acceptors (Lipinski definition) is 4. The van der Waals surface area contributed by atoms with E-state index in [-0.39, 0.29) is 17.5 Å². The standard InChI is InChI=1S/C16H23NO3/c1-12(18)20-15-5-3-4-10-16(15,11-17)13-6-8-14(19-2)9-7-13/h6-9,15H,3-5,10-11,17H2,1-2H3. The molecule has 1 saturated carbocycles. The minimum absolute atomic E-state index is 0.132. The number of rotatable bonds is 4. The summed E-state index contributed by atoms with van der Waals surface area (Å²) in [5, 5.41) is 0. The van der Waals surface area contributed by atoms with Gasteiger partial charge in [0.2, 0.25) is 0 Å². The predicted molar refractivity (Wildman–Crippen MR) is 77.7 cm³/mol. The molecule has 2 N–H and O–H groups in total. The van der Waals surface area contributed by atoms with Gasteiger partial charge in [-0.05, 0) is 37.0 Å². The Bertz CT molecular complexity index is 457. The number of carbonyl (C=O) groups excluding carboxylic acids is 1. The van der Waals surface area contributed by atoms with Crippen molar-refractivity contribution in [2.45, 2.75) is 44.1 Å². The van der Waals surface area contributed by atoms with Crippen molar-refractivity contribution >= 4 is 5.97 Å². The van der Waals surface area contributed by atoms with E-state index in [1.165, 1.54) is 6.92 Å². The maximum atomic E-state index is 11.4. The fraction of sp³-hybridized carbons (Fsp3) is 0.562. The highest BCUT2D eigenvalue weighted by Gasteiger charge is 2.43. The first-order valence-electron chi connectivity index (χ1n) is 7.14.